The summed E-state index contributed by atoms with van der Waals surface area (Å²) in [5.74, 6) is 1.05. The number of aliphatic hydroxyl groups excluding tert-OH is 1. The molecule has 1 saturated carbocycles. The smallest absolute Gasteiger partial charge is 0.218 e. The number of benzene rings is 1. The molecule has 1 heterocycles. The monoisotopic (exact) mass is 286 g/mol. The summed E-state index contributed by atoms with van der Waals surface area (Å²) in [5.41, 5.74) is 2.01. The first kappa shape index (κ1) is 14.3. The first-order chi connectivity index (χ1) is 10.3. The average Bonchev–Trinajstić information content (AvgIpc) is 2.92. The number of nitrogens with one attached hydrogen (secondary N) is 1. The topological polar surface area (TPSA) is 54.4 Å². The van der Waals surface area contributed by atoms with Gasteiger partial charge in [-0.15, -0.1) is 0 Å². The quantitative estimate of drug-likeness (QED) is 0.886. The lowest BCUT2D eigenvalue weighted by atomic mass is 10.1. The van der Waals surface area contributed by atoms with Crippen molar-refractivity contribution in [3.05, 3.63) is 35.9 Å². The fourth-order valence-electron chi connectivity index (χ4n) is 3.09. The van der Waals surface area contributed by atoms with Crippen molar-refractivity contribution in [1.82, 2.24) is 10.3 Å². The molecular formula is C17H22N2O2. The Hall–Kier alpha value is -1.65. The molecule has 2 aromatic rings. The normalized spacial score (nSPS) is 21.8. The van der Waals surface area contributed by atoms with E-state index in [0.717, 1.165) is 42.3 Å². The molecule has 2 N–H and O–H groups in total. The second-order valence-corrected chi connectivity index (χ2v) is 5.74. The molecule has 4 heteroatoms. The van der Waals surface area contributed by atoms with Crippen molar-refractivity contribution < 1.29 is 9.84 Å². The predicted octanol–water partition coefficient (Wildman–Crippen LogP) is 2.49. The van der Waals surface area contributed by atoms with Gasteiger partial charge in [-0.05, 0) is 30.9 Å². The van der Waals surface area contributed by atoms with Crippen LogP contribution in [0.4, 0.5) is 0 Å². The average molecular weight is 286 g/mol. The van der Waals surface area contributed by atoms with E-state index in [1.807, 2.05) is 18.2 Å². The van der Waals surface area contributed by atoms with Gasteiger partial charge in [-0.25, -0.2) is 4.98 Å². The number of aromatic nitrogens is 1. The summed E-state index contributed by atoms with van der Waals surface area (Å²) < 4.78 is 5.40. The van der Waals surface area contributed by atoms with Gasteiger partial charge in [-0.2, -0.15) is 0 Å². The first-order valence-corrected chi connectivity index (χ1v) is 7.59. The number of ether oxygens (including phenoxy) is 1. The molecule has 0 spiro atoms. The van der Waals surface area contributed by atoms with Gasteiger partial charge in [0.25, 0.3) is 0 Å². The largest absolute Gasteiger partial charge is 0.481 e. The zero-order chi connectivity index (χ0) is 14.7. The van der Waals surface area contributed by atoms with Crippen molar-refractivity contribution in [2.75, 3.05) is 13.7 Å². The van der Waals surface area contributed by atoms with Crippen molar-refractivity contribution in [2.24, 2.45) is 5.92 Å². The minimum absolute atomic E-state index is 0.144. The number of pyridine rings is 1. The van der Waals surface area contributed by atoms with Crippen LogP contribution in [0.25, 0.3) is 10.9 Å². The molecule has 1 aromatic carbocycles. The number of nitrogens with zero attached hydrogens (tertiary/aromatic N) is 1. The Morgan fingerprint density at radius 2 is 2.19 bits per heavy atom. The predicted molar refractivity (Wildman–Crippen MR) is 83.3 cm³/mol. The van der Waals surface area contributed by atoms with Crippen LogP contribution in [0, 0.1) is 5.92 Å². The Bertz CT molecular complexity index is 615. The molecule has 4 nitrogen and oxygen atoms in total. The van der Waals surface area contributed by atoms with Gasteiger partial charge in [-0.1, -0.05) is 24.6 Å². The van der Waals surface area contributed by atoms with Crippen LogP contribution in [-0.2, 0) is 6.54 Å². The van der Waals surface area contributed by atoms with Gasteiger partial charge in [0.1, 0.15) is 0 Å². The number of hydrogen-bond acceptors (Lipinski definition) is 4. The molecule has 0 amide bonds. The van der Waals surface area contributed by atoms with Gasteiger partial charge < -0.3 is 15.2 Å². The second-order valence-electron chi connectivity index (χ2n) is 5.74. The van der Waals surface area contributed by atoms with Crippen molar-refractivity contribution >= 4 is 10.9 Å². The molecule has 112 valence electrons. The Kier molecular flexibility index (Phi) is 4.36. The van der Waals surface area contributed by atoms with Crippen LogP contribution in [0.3, 0.4) is 0 Å². The molecule has 0 radical (unpaired) electrons. The third kappa shape index (κ3) is 3.17. The highest BCUT2D eigenvalue weighted by molar-refractivity contribution is 5.80. The van der Waals surface area contributed by atoms with E-state index in [2.05, 4.69) is 22.4 Å². The highest BCUT2D eigenvalue weighted by Crippen LogP contribution is 2.25. The lowest BCUT2D eigenvalue weighted by Gasteiger charge is -2.16. The van der Waals surface area contributed by atoms with E-state index in [-0.39, 0.29) is 6.10 Å². The fraction of sp³-hybridized carbons (Fsp3) is 0.471. The van der Waals surface area contributed by atoms with Gasteiger partial charge in [0, 0.05) is 24.0 Å². The number of methoxy groups -OCH3 is 1. The van der Waals surface area contributed by atoms with Crippen LogP contribution < -0.4 is 10.1 Å². The van der Waals surface area contributed by atoms with Crippen LogP contribution in [0.2, 0.25) is 0 Å². The van der Waals surface area contributed by atoms with E-state index in [1.165, 1.54) is 0 Å². The van der Waals surface area contributed by atoms with E-state index in [9.17, 15) is 5.11 Å². The standard InChI is InChI=1S/C17H22N2O2/c1-21-17-14(9-12-5-2-3-7-15(12)19-17)11-18-10-13-6-4-8-16(13)20/h2-3,5,7,9,13,16,18,20H,4,6,8,10-11H2,1H3. The Balaban J connectivity index is 1.70. The van der Waals surface area contributed by atoms with Crippen molar-refractivity contribution in [1.29, 1.82) is 0 Å². The summed E-state index contributed by atoms with van der Waals surface area (Å²) in [6.45, 7) is 1.56. The number of hydrogen-bond donors (Lipinski definition) is 2. The third-order valence-electron chi connectivity index (χ3n) is 4.30. The fourth-order valence-corrected chi connectivity index (χ4v) is 3.09. The third-order valence-corrected chi connectivity index (χ3v) is 4.30. The molecule has 0 saturated heterocycles. The lowest BCUT2D eigenvalue weighted by Crippen LogP contribution is -2.27. The molecule has 1 aliphatic carbocycles. The van der Waals surface area contributed by atoms with Gasteiger partial charge in [0.15, 0.2) is 0 Å². The van der Waals surface area contributed by atoms with E-state index in [0.29, 0.717) is 18.3 Å². The molecule has 1 aromatic heterocycles. The summed E-state index contributed by atoms with van der Waals surface area (Å²) in [5, 5.41) is 14.4. The molecule has 2 unspecified atom stereocenters. The molecule has 3 rings (SSSR count). The molecule has 0 aliphatic heterocycles. The minimum atomic E-state index is -0.144. The van der Waals surface area contributed by atoms with Gasteiger partial charge in [0.05, 0.1) is 18.7 Å². The van der Waals surface area contributed by atoms with E-state index in [4.69, 9.17) is 4.74 Å². The van der Waals surface area contributed by atoms with Gasteiger partial charge in [0.2, 0.25) is 5.88 Å². The summed E-state index contributed by atoms with van der Waals surface area (Å²) in [7, 11) is 1.65. The summed E-state index contributed by atoms with van der Waals surface area (Å²) in [4.78, 5) is 4.55. The SMILES string of the molecule is COc1nc2ccccc2cc1CNCC1CCCC1O. The molecule has 1 fully saturated rings. The highest BCUT2D eigenvalue weighted by Gasteiger charge is 2.24. The Labute approximate surface area is 125 Å². The highest BCUT2D eigenvalue weighted by atomic mass is 16.5. The zero-order valence-electron chi connectivity index (χ0n) is 12.4. The first-order valence-electron chi connectivity index (χ1n) is 7.59. The number of para-hydroxylation sites is 1. The second kappa shape index (κ2) is 6.41. The zero-order valence-corrected chi connectivity index (χ0v) is 12.4. The molecule has 0 bridgehead atoms. The van der Waals surface area contributed by atoms with Crippen molar-refractivity contribution in [3.63, 3.8) is 0 Å². The number of fused-ring (bicyclic) bond motifs is 1. The summed E-state index contributed by atoms with van der Waals surface area (Å²) in [6, 6.07) is 10.2. The Morgan fingerprint density at radius 1 is 1.33 bits per heavy atom. The molecular weight excluding hydrogens is 264 g/mol. The summed E-state index contributed by atoms with van der Waals surface area (Å²) >= 11 is 0. The minimum Gasteiger partial charge on any atom is -0.481 e. The maximum absolute atomic E-state index is 9.85. The summed E-state index contributed by atoms with van der Waals surface area (Å²) in [6.07, 6.45) is 3.04. The maximum Gasteiger partial charge on any atom is 0.218 e. The van der Waals surface area contributed by atoms with Gasteiger partial charge in [-0.3, -0.25) is 0 Å². The molecule has 21 heavy (non-hydrogen) atoms. The van der Waals surface area contributed by atoms with E-state index >= 15 is 0 Å². The van der Waals surface area contributed by atoms with Crippen LogP contribution >= 0.6 is 0 Å². The van der Waals surface area contributed by atoms with Crippen LogP contribution in [0.5, 0.6) is 5.88 Å². The Morgan fingerprint density at radius 3 is 2.95 bits per heavy atom. The molecule has 1 aliphatic rings. The van der Waals surface area contributed by atoms with Crippen molar-refractivity contribution in [3.8, 4) is 5.88 Å². The van der Waals surface area contributed by atoms with Crippen molar-refractivity contribution in [2.45, 2.75) is 31.9 Å². The van der Waals surface area contributed by atoms with Gasteiger partial charge >= 0.3 is 0 Å². The molecule has 2 atom stereocenters. The van der Waals surface area contributed by atoms with E-state index < -0.39 is 0 Å². The lowest BCUT2D eigenvalue weighted by molar-refractivity contribution is 0.131. The maximum atomic E-state index is 9.85. The number of aliphatic hydroxyl groups is 1. The van der Waals surface area contributed by atoms with E-state index in [1.54, 1.807) is 7.11 Å². The van der Waals surface area contributed by atoms with Crippen LogP contribution in [0.15, 0.2) is 30.3 Å². The number of rotatable bonds is 5. The van der Waals surface area contributed by atoms with Crippen LogP contribution in [-0.4, -0.2) is 29.8 Å². The van der Waals surface area contributed by atoms with Crippen LogP contribution in [0.1, 0.15) is 24.8 Å².